The lowest BCUT2D eigenvalue weighted by Gasteiger charge is -2.13. The fraction of sp³-hybridized carbons (Fsp3) is 0.0984. The average Bonchev–Trinajstić information content (AvgIpc) is 4.22. The number of aromatic nitrogens is 4. The Balaban J connectivity index is 1.10. The van der Waals surface area contributed by atoms with E-state index >= 15 is 0 Å². The van der Waals surface area contributed by atoms with E-state index in [9.17, 15) is 4.79 Å². The predicted molar refractivity (Wildman–Crippen MR) is 279 cm³/mol. The summed E-state index contributed by atoms with van der Waals surface area (Å²) in [4.78, 5) is 32.2. The Bertz CT molecular complexity index is 3630. The van der Waals surface area contributed by atoms with Crippen molar-refractivity contribution in [3.8, 4) is 56.0 Å². The quantitative estimate of drug-likeness (QED) is 0.117. The van der Waals surface area contributed by atoms with Crippen molar-refractivity contribution in [2.24, 2.45) is 0 Å². The third-order valence-electron chi connectivity index (χ3n) is 13.1. The number of fused-ring (bicyclic) bond motifs is 9. The van der Waals surface area contributed by atoms with Crippen molar-refractivity contribution in [1.82, 2.24) is 19.9 Å². The number of benzene rings is 6. The van der Waals surface area contributed by atoms with Crippen molar-refractivity contribution in [2.75, 3.05) is 7.11 Å². The molecular weight excluding hydrogens is 837 g/mol. The Hall–Kier alpha value is -8.55. The fourth-order valence-electron chi connectivity index (χ4n) is 9.25. The molecule has 0 amide bonds. The highest BCUT2D eigenvalue weighted by Gasteiger charge is 2.21. The predicted octanol–water partition coefficient (Wildman–Crippen LogP) is 15.1. The Morgan fingerprint density at radius 2 is 0.794 bits per heavy atom. The second-order valence-electron chi connectivity index (χ2n) is 17.7. The number of methoxy groups -OCH3 is 1. The smallest absolute Gasteiger partial charge is 0.318 e. The lowest BCUT2D eigenvalue weighted by atomic mass is 9.98. The largest absolute Gasteiger partial charge is 0.497 e. The molecule has 7 heteroatoms. The first-order chi connectivity index (χ1) is 33.1. The maximum atomic E-state index is 13.7. The molecule has 0 radical (unpaired) electrons. The molecule has 2 aliphatic rings. The van der Waals surface area contributed by atoms with Crippen LogP contribution in [0.4, 0.5) is 0 Å². The number of carbonyl (C=O) groups excluding carboxylic acids is 1. The van der Waals surface area contributed by atoms with E-state index in [0.717, 1.165) is 111 Å². The van der Waals surface area contributed by atoms with E-state index in [-0.39, 0.29) is 5.97 Å². The Morgan fingerprint density at radius 3 is 1.19 bits per heavy atom. The fourth-order valence-corrected chi connectivity index (χ4v) is 9.25. The highest BCUT2D eigenvalue weighted by molar-refractivity contribution is 6.00. The van der Waals surface area contributed by atoms with Crippen molar-refractivity contribution in [2.45, 2.75) is 33.6 Å². The van der Waals surface area contributed by atoms with Crippen LogP contribution < -0.4 is 9.47 Å². The highest BCUT2D eigenvalue weighted by Crippen LogP contribution is 2.39. The van der Waals surface area contributed by atoms with Gasteiger partial charge >= 0.3 is 5.97 Å². The maximum Gasteiger partial charge on any atom is 0.318 e. The molecular formula is C61H48N4O3. The zero-order valence-corrected chi connectivity index (χ0v) is 38.5. The summed E-state index contributed by atoms with van der Waals surface area (Å²) in [5.41, 5.74) is 19.4. The molecule has 7 nitrogen and oxygen atoms in total. The summed E-state index contributed by atoms with van der Waals surface area (Å²) in [5.74, 6) is 0.430. The number of esters is 1. The molecule has 0 spiro atoms. The molecule has 0 saturated heterocycles. The van der Waals surface area contributed by atoms with Crippen molar-refractivity contribution >= 4 is 63.1 Å². The van der Waals surface area contributed by atoms with Gasteiger partial charge < -0.3 is 19.4 Å². The third-order valence-corrected chi connectivity index (χ3v) is 13.1. The first-order valence-electron chi connectivity index (χ1n) is 22.9. The lowest BCUT2D eigenvalue weighted by molar-refractivity contribution is -0.135. The molecule has 1 atom stereocenters. The Kier molecular flexibility index (Phi) is 10.7. The van der Waals surface area contributed by atoms with E-state index in [0.29, 0.717) is 5.75 Å². The number of ether oxygens (including phenoxy) is 2. The standard InChI is InChI=1S/C61H48N4O3/c1-36-6-12-40(13-7-36)57-49-26-28-51(62-49)58(41-14-8-37(2)9-15-41)53-30-32-55(64-53)60(56-33-31-54(65-56)59(52-29-27-50(57)63-52)42-16-10-38(3)11-17-42)43-20-23-47(24-21-43)68-61(66)39(4)44-18-19-46-35-48(67-5)25-22-45(46)34-44/h6-35,39,62,65H,1-5H3/t39-/m0/s1. The summed E-state index contributed by atoms with van der Waals surface area (Å²) >= 11 is 0. The van der Waals surface area contributed by atoms with E-state index in [2.05, 4.69) is 152 Å². The zero-order valence-electron chi connectivity index (χ0n) is 38.5. The van der Waals surface area contributed by atoms with Gasteiger partial charge in [0.15, 0.2) is 0 Å². The normalized spacial score (nSPS) is 12.4. The molecule has 0 fully saturated rings. The van der Waals surface area contributed by atoms with Crippen molar-refractivity contribution in [3.63, 3.8) is 0 Å². The van der Waals surface area contributed by atoms with Gasteiger partial charge in [0.25, 0.3) is 0 Å². The molecule has 0 saturated carbocycles. The lowest BCUT2D eigenvalue weighted by Crippen LogP contribution is -2.16. The van der Waals surface area contributed by atoms with Gasteiger partial charge in [-0.15, -0.1) is 0 Å². The molecule has 2 N–H and O–H groups in total. The second kappa shape index (κ2) is 17.3. The maximum absolute atomic E-state index is 13.7. The van der Waals surface area contributed by atoms with Crippen molar-refractivity contribution in [3.05, 3.63) is 203 Å². The number of aromatic amines is 2. The molecule has 2 aliphatic heterocycles. The van der Waals surface area contributed by atoms with Gasteiger partial charge in [0.05, 0.1) is 35.8 Å². The molecule has 0 aliphatic carbocycles. The van der Waals surface area contributed by atoms with Crippen LogP contribution in [0.2, 0.25) is 0 Å². The van der Waals surface area contributed by atoms with Crippen molar-refractivity contribution < 1.29 is 14.3 Å². The van der Waals surface area contributed by atoms with Crippen LogP contribution >= 0.6 is 0 Å². The number of H-pyrrole nitrogens is 2. The van der Waals surface area contributed by atoms with Gasteiger partial charge in [-0.3, -0.25) is 4.79 Å². The first kappa shape index (κ1) is 42.1. The van der Waals surface area contributed by atoms with Gasteiger partial charge in [0, 0.05) is 44.3 Å². The van der Waals surface area contributed by atoms with Crippen LogP contribution in [0.25, 0.3) is 102 Å². The number of rotatable bonds is 8. The van der Waals surface area contributed by atoms with E-state index < -0.39 is 5.92 Å². The summed E-state index contributed by atoms with van der Waals surface area (Å²) in [6.45, 7) is 8.19. The van der Waals surface area contributed by atoms with Crippen LogP contribution in [0, 0.1) is 20.8 Å². The number of nitrogens with one attached hydrogen (secondary N) is 2. The van der Waals surface area contributed by atoms with Gasteiger partial charge in [-0.25, -0.2) is 9.97 Å². The van der Waals surface area contributed by atoms with Gasteiger partial charge in [0.2, 0.25) is 0 Å². The molecule has 330 valence electrons. The van der Waals surface area contributed by atoms with Gasteiger partial charge in [-0.05, 0) is 139 Å². The molecule has 9 aromatic rings. The van der Waals surface area contributed by atoms with Gasteiger partial charge in [-0.2, -0.15) is 0 Å². The number of aryl methyl sites for hydroxylation is 3. The third kappa shape index (κ3) is 7.98. The van der Waals surface area contributed by atoms with Gasteiger partial charge in [-0.1, -0.05) is 126 Å². The summed E-state index contributed by atoms with van der Waals surface area (Å²) < 4.78 is 11.4. The summed E-state index contributed by atoms with van der Waals surface area (Å²) in [7, 11) is 1.66. The SMILES string of the molecule is COc1ccc2cc([C@H](C)C(=O)Oc3ccc(-c4c5nc(c(-c6ccc(C)cc6)c6ccc([nH]6)c(-c6ccc(C)cc6)c6nc(c(-c7ccc(C)cc7)c7ccc4[nH]7)C=C6)C=C5)cc3)ccc2c1. The molecule has 5 heterocycles. The van der Waals surface area contributed by atoms with Crippen LogP contribution in [0.5, 0.6) is 11.5 Å². The molecule has 3 aromatic heterocycles. The topological polar surface area (TPSA) is 92.9 Å². The number of hydrogen-bond acceptors (Lipinski definition) is 5. The van der Waals surface area contributed by atoms with Crippen LogP contribution in [0.3, 0.4) is 0 Å². The molecule has 68 heavy (non-hydrogen) atoms. The summed E-state index contributed by atoms with van der Waals surface area (Å²) in [6.07, 6.45) is 8.45. The van der Waals surface area contributed by atoms with E-state index in [1.54, 1.807) is 7.11 Å². The van der Waals surface area contributed by atoms with E-state index in [1.807, 2.05) is 67.6 Å². The number of hydrogen-bond donors (Lipinski definition) is 2. The summed E-state index contributed by atoms with van der Waals surface area (Å²) in [6, 6.07) is 54.1. The zero-order chi connectivity index (χ0) is 46.5. The van der Waals surface area contributed by atoms with Crippen LogP contribution in [0.1, 0.15) is 57.9 Å². The van der Waals surface area contributed by atoms with Crippen molar-refractivity contribution in [1.29, 1.82) is 0 Å². The Labute approximate surface area is 395 Å². The molecule has 8 bridgehead atoms. The Morgan fingerprint density at radius 1 is 0.441 bits per heavy atom. The van der Waals surface area contributed by atoms with Crippen LogP contribution in [-0.4, -0.2) is 33.0 Å². The van der Waals surface area contributed by atoms with Crippen LogP contribution in [-0.2, 0) is 4.79 Å². The van der Waals surface area contributed by atoms with E-state index in [4.69, 9.17) is 19.4 Å². The minimum absolute atomic E-state index is 0.335. The minimum atomic E-state index is -0.485. The highest BCUT2D eigenvalue weighted by atomic mass is 16.5. The average molecular weight is 885 g/mol. The first-order valence-corrected chi connectivity index (χ1v) is 22.9. The second-order valence-corrected chi connectivity index (χ2v) is 17.7. The molecule has 11 rings (SSSR count). The summed E-state index contributed by atoms with van der Waals surface area (Å²) in [5, 5.41) is 2.07. The van der Waals surface area contributed by atoms with Gasteiger partial charge in [0.1, 0.15) is 11.5 Å². The monoisotopic (exact) mass is 884 g/mol. The van der Waals surface area contributed by atoms with Crippen LogP contribution in [0.15, 0.2) is 158 Å². The number of carbonyl (C=O) groups is 1. The molecule has 6 aromatic carbocycles. The van der Waals surface area contributed by atoms with E-state index in [1.165, 1.54) is 16.7 Å². The minimum Gasteiger partial charge on any atom is -0.497 e. The molecule has 0 unspecified atom stereocenters. The number of nitrogens with zero attached hydrogens (tertiary/aromatic N) is 2.